The van der Waals surface area contributed by atoms with Crippen molar-refractivity contribution in [2.24, 2.45) is 0 Å². The van der Waals surface area contributed by atoms with Crippen LogP contribution in [-0.2, 0) is 9.59 Å². The van der Waals surface area contributed by atoms with Crippen molar-refractivity contribution in [1.29, 1.82) is 0 Å². The first kappa shape index (κ1) is 22.9. The van der Waals surface area contributed by atoms with Crippen LogP contribution in [0.5, 0.6) is 0 Å². The standard InChI is InChI=1S/C20H24N2O2.C2H2O4/c1-3-21(4-2)14-13-15-16-9-5-7-11-18(16)22(20(23)24)19-12-8-6-10-17(15)19;3-1(4)2(5)6/h5-9,11-12H,3-4,10,13-14H2,1-2H3,(H,23,24);(H,3,4)(H,5,6). The molecule has 0 atom stereocenters. The molecule has 1 aromatic carbocycles. The van der Waals surface area contributed by atoms with Gasteiger partial charge < -0.3 is 20.2 Å². The highest BCUT2D eigenvalue weighted by molar-refractivity contribution is 6.27. The van der Waals surface area contributed by atoms with Crippen molar-refractivity contribution < 1.29 is 29.7 Å². The predicted octanol–water partition coefficient (Wildman–Crippen LogP) is 3.67. The van der Waals surface area contributed by atoms with E-state index < -0.39 is 18.0 Å². The third kappa shape index (κ3) is 5.15. The summed E-state index contributed by atoms with van der Waals surface area (Å²) >= 11 is 0. The van der Waals surface area contributed by atoms with Crippen LogP contribution in [-0.4, -0.2) is 57.9 Å². The molecule has 160 valence electrons. The number of amides is 1. The zero-order valence-corrected chi connectivity index (χ0v) is 17.0. The molecule has 1 amide bonds. The fraction of sp³-hybridized carbons (Fsp3) is 0.318. The van der Waals surface area contributed by atoms with Crippen LogP contribution in [0.3, 0.4) is 0 Å². The van der Waals surface area contributed by atoms with E-state index in [4.69, 9.17) is 19.8 Å². The molecule has 2 aliphatic rings. The van der Waals surface area contributed by atoms with E-state index in [1.807, 2.05) is 36.4 Å². The topological polar surface area (TPSA) is 118 Å². The van der Waals surface area contributed by atoms with Crippen molar-refractivity contribution in [3.05, 3.63) is 59.3 Å². The van der Waals surface area contributed by atoms with Crippen LogP contribution in [0.1, 0.15) is 32.3 Å². The first-order valence-corrected chi connectivity index (χ1v) is 9.71. The molecule has 8 nitrogen and oxygen atoms in total. The normalized spacial score (nSPS) is 14.4. The summed E-state index contributed by atoms with van der Waals surface area (Å²) in [6.45, 7) is 7.41. The number of nitrogens with zero attached hydrogens (tertiary/aromatic N) is 2. The first-order valence-electron chi connectivity index (χ1n) is 9.71. The lowest BCUT2D eigenvalue weighted by atomic mass is 9.85. The number of hydrogen-bond acceptors (Lipinski definition) is 4. The van der Waals surface area contributed by atoms with E-state index in [0.29, 0.717) is 0 Å². The number of carboxylic acid groups (broad SMARTS) is 3. The van der Waals surface area contributed by atoms with Gasteiger partial charge in [-0.3, -0.25) is 0 Å². The summed E-state index contributed by atoms with van der Waals surface area (Å²) in [5.74, 6) is -3.65. The number of hydrogen-bond donors (Lipinski definition) is 3. The largest absolute Gasteiger partial charge is 0.473 e. The highest BCUT2D eigenvalue weighted by Crippen LogP contribution is 2.44. The Kier molecular flexibility index (Phi) is 7.94. The van der Waals surface area contributed by atoms with E-state index in [-0.39, 0.29) is 0 Å². The minimum absolute atomic E-state index is 0.768. The third-order valence-corrected chi connectivity index (χ3v) is 5.04. The monoisotopic (exact) mass is 414 g/mol. The maximum absolute atomic E-state index is 11.9. The Bertz CT molecular complexity index is 900. The molecule has 1 aliphatic heterocycles. The molecule has 0 saturated carbocycles. The van der Waals surface area contributed by atoms with Crippen molar-refractivity contribution in [3.8, 4) is 0 Å². The highest BCUT2D eigenvalue weighted by atomic mass is 16.4. The predicted molar refractivity (Wildman–Crippen MR) is 113 cm³/mol. The number of carbonyl (C=O) groups is 3. The molecule has 0 radical (unpaired) electrons. The molecule has 8 heteroatoms. The van der Waals surface area contributed by atoms with Crippen LogP contribution in [0.2, 0.25) is 0 Å². The Balaban J connectivity index is 0.000000469. The third-order valence-electron chi connectivity index (χ3n) is 5.04. The van der Waals surface area contributed by atoms with E-state index in [1.54, 1.807) is 0 Å². The minimum atomic E-state index is -1.82. The van der Waals surface area contributed by atoms with Crippen LogP contribution in [0.4, 0.5) is 10.5 Å². The van der Waals surface area contributed by atoms with Crippen LogP contribution < -0.4 is 4.90 Å². The molecule has 0 unspecified atom stereocenters. The molecule has 1 heterocycles. The lowest BCUT2D eigenvalue weighted by Crippen LogP contribution is -2.34. The Morgan fingerprint density at radius 3 is 2.23 bits per heavy atom. The van der Waals surface area contributed by atoms with Crippen molar-refractivity contribution in [2.75, 3.05) is 24.5 Å². The van der Waals surface area contributed by atoms with Gasteiger partial charge in [0.1, 0.15) is 0 Å². The summed E-state index contributed by atoms with van der Waals surface area (Å²) in [6.07, 6.45) is 6.77. The van der Waals surface area contributed by atoms with E-state index in [2.05, 4.69) is 24.8 Å². The number of rotatable bonds is 5. The number of fused-ring (bicyclic) bond motifs is 2. The smallest absolute Gasteiger partial charge is 0.416 e. The number of anilines is 1. The van der Waals surface area contributed by atoms with E-state index >= 15 is 0 Å². The van der Waals surface area contributed by atoms with Crippen molar-refractivity contribution >= 4 is 29.3 Å². The molecule has 1 aromatic rings. The second-order valence-corrected chi connectivity index (χ2v) is 6.66. The van der Waals surface area contributed by atoms with E-state index in [0.717, 1.165) is 55.0 Å². The number of allylic oxidation sites excluding steroid dienone is 4. The summed E-state index contributed by atoms with van der Waals surface area (Å²) in [5, 5.41) is 24.5. The lowest BCUT2D eigenvalue weighted by molar-refractivity contribution is -0.159. The number of benzene rings is 1. The van der Waals surface area contributed by atoms with Crippen LogP contribution in [0.15, 0.2) is 53.8 Å². The van der Waals surface area contributed by atoms with Crippen LogP contribution in [0, 0.1) is 0 Å². The van der Waals surface area contributed by atoms with Crippen LogP contribution in [0.25, 0.3) is 5.57 Å². The molecule has 0 bridgehead atoms. The molecular weight excluding hydrogens is 388 g/mol. The fourth-order valence-electron chi connectivity index (χ4n) is 3.56. The molecule has 30 heavy (non-hydrogen) atoms. The lowest BCUT2D eigenvalue weighted by Gasteiger charge is -2.35. The Morgan fingerprint density at radius 1 is 1.03 bits per heavy atom. The maximum Gasteiger partial charge on any atom is 0.416 e. The number of carboxylic acids is 2. The zero-order chi connectivity index (χ0) is 22.3. The summed E-state index contributed by atoms with van der Waals surface area (Å²) in [6, 6.07) is 7.84. The van der Waals surface area contributed by atoms with Gasteiger partial charge in [0.25, 0.3) is 0 Å². The van der Waals surface area contributed by atoms with Gasteiger partial charge in [-0.2, -0.15) is 0 Å². The second-order valence-electron chi connectivity index (χ2n) is 6.66. The highest BCUT2D eigenvalue weighted by Gasteiger charge is 2.32. The molecule has 1 aliphatic carbocycles. The van der Waals surface area contributed by atoms with Crippen molar-refractivity contribution in [3.63, 3.8) is 0 Å². The average Bonchev–Trinajstić information content (AvgIpc) is 2.73. The molecular formula is C22H26N2O6. The fourth-order valence-corrected chi connectivity index (χ4v) is 3.56. The quantitative estimate of drug-likeness (QED) is 0.629. The van der Waals surface area contributed by atoms with E-state index in [9.17, 15) is 9.90 Å². The Labute approximate surface area is 175 Å². The van der Waals surface area contributed by atoms with Gasteiger partial charge in [0.15, 0.2) is 0 Å². The van der Waals surface area contributed by atoms with Gasteiger partial charge in [-0.15, -0.1) is 0 Å². The van der Waals surface area contributed by atoms with Gasteiger partial charge in [0, 0.05) is 12.1 Å². The summed E-state index contributed by atoms with van der Waals surface area (Å²) < 4.78 is 0. The minimum Gasteiger partial charge on any atom is -0.473 e. The van der Waals surface area contributed by atoms with Crippen molar-refractivity contribution in [1.82, 2.24) is 4.90 Å². The SMILES string of the molecule is CCN(CC)CCC1=C2CC=CC=C2N(C(=O)O)c2ccccc21.O=C(O)C(=O)O. The average molecular weight is 414 g/mol. The van der Waals surface area contributed by atoms with Gasteiger partial charge in [-0.1, -0.05) is 44.2 Å². The summed E-state index contributed by atoms with van der Waals surface area (Å²) in [5.41, 5.74) is 5.05. The first-order chi connectivity index (χ1) is 14.3. The Hall–Kier alpha value is -3.39. The van der Waals surface area contributed by atoms with Gasteiger partial charge in [-0.05, 0) is 49.2 Å². The van der Waals surface area contributed by atoms with Gasteiger partial charge in [-0.25, -0.2) is 19.3 Å². The molecule has 0 spiro atoms. The van der Waals surface area contributed by atoms with Gasteiger partial charge in [0.2, 0.25) is 0 Å². The molecule has 3 N–H and O–H groups in total. The molecule has 0 aromatic heterocycles. The Morgan fingerprint density at radius 2 is 1.67 bits per heavy atom. The summed E-state index contributed by atoms with van der Waals surface area (Å²) in [4.78, 5) is 33.9. The second kappa shape index (κ2) is 10.4. The van der Waals surface area contributed by atoms with E-state index in [1.165, 1.54) is 10.5 Å². The maximum atomic E-state index is 11.9. The number of aliphatic carboxylic acids is 2. The van der Waals surface area contributed by atoms with Gasteiger partial charge in [0.05, 0.1) is 11.4 Å². The molecule has 3 rings (SSSR count). The van der Waals surface area contributed by atoms with Crippen LogP contribution >= 0.6 is 0 Å². The molecule has 0 fully saturated rings. The molecule has 0 saturated heterocycles. The van der Waals surface area contributed by atoms with Gasteiger partial charge >= 0.3 is 18.0 Å². The zero-order valence-electron chi connectivity index (χ0n) is 17.0. The van der Waals surface area contributed by atoms with Crippen molar-refractivity contribution in [2.45, 2.75) is 26.7 Å². The number of para-hydroxylation sites is 1. The summed E-state index contributed by atoms with van der Waals surface area (Å²) in [7, 11) is 0.